The molecule has 0 radical (unpaired) electrons. The highest BCUT2D eigenvalue weighted by Crippen LogP contribution is 2.29. The number of nitrogen functional groups attached to an aromatic ring is 1. The molecule has 21 heavy (non-hydrogen) atoms. The molecule has 1 aromatic heterocycles. The lowest BCUT2D eigenvalue weighted by molar-refractivity contribution is 0.0643. The van der Waals surface area contributed by atoms with E-state index in [0.717, 1.165) is 18.7 Å². The summed E-state index contributed by atoms with van der Waals surface area (Å²) in [6.07, 6.45) is 0. The van der Waals surface area contributed by atoms with Crippen LogP contribution in [0.5, 0.6) is 0 Å². The summed E-state index contributed by atoms with van der Waals surface area (Å²) >= 11 is 0. The summed E-state index contributed by atoms with van der Waals surface area (Å²) in [7, 11) is 0. The minimum atomic E-state index is 0.0549. The van der Waals surface area contributed by atoms with E-state index >= 15 is 0 Å². The Labute approximate surface area is 125 Å². The molecule has 1 atom stereocenters. The summed E-state index contributed by atoms with van der Waals surface area (Å²) in [5, 5.41) is 0. The maximum absolute atomic E-state index is 12.8. The zero-order valence-electron chi connectivity index (χ0n) is 12.8. The number of aryl methyl sites for hydroxylation is 2. The van der Waals surface area contributed by atoms with Crippen LogP contribution in [0.2, 0.25) is 0 Å². The summed E-state index contributed by atoms with van der Waals surface area (Å²) in [4.78, 5) is 14.7. The lowest BCUT2D eigenvalue weighted by Gasteiger charge is -2.35. The van der Waals surface area contributed by atoms with Gasteiger partial charge in [0, 0.05) is 35.7 Å². The molecule has 0 aliphatic carbocycles. The Bertz CT molecular complexity index is 702. The van der Waals surface area contributed by atoms with Crippen molar-refractivity contribution < 1.29 is 4.79 Å². The largest absolute Gasteiger partial charge is 0.398 e. The van der Waals surface area contributed by atoms with Gasteiger partial charge in [-0.3, -0.25) is 4.79 Å². The number of hydrogen-bond acceptors (Lipinski definition) is 2. The molecule has 1 aromatic carbocycles. The normalized spacial score (nSPS) is 17.7. The Hall–Kier alpha value is -2.23. The number of fused-ring (bicyclic) bond motifs is 1. The number of nitrogens with two attached hydrogens (primary N) is 1. The highest BCUT2D eigenvalue weighted by atomic mass is 16.2. The van der Waals surface area contributed by atoms with Gasteiger partial charge in [-0.25, -0.2) is 0 Å². The van der Waals surface area contributed by atoms with E-state index in [1.807, 2.05) is 24.0 Å². The van der Waals surface area contributed by atoms with E-state index in [-0.39, 0.29) is 11.9 Å². The monoisotopic (exact) mass is 283 g/mol. The van der Waals surface area contributed by atoms with Crippen LogP contribution in [0.1, 0.15) is 40.3 Å². The first-order valence-corrected chi connectivity index (χ1v) is 7.32. The molecule has 0 saturated carbocycles. The van der Waals surface area contributed by atoms with Crippen molar-refractivity contribution in [2.24, 2.45) is 0 Å². The second kappa shape index (κ2) is 4.95. The van der Waals surface area contributed by atoms with Gasteiger partial charge in [0.25, 0.3) is 5.91 Å². The molecule has 4 nitrogen and oxygen atoms in total. The van der Waals surface area contributed by atoms with Crippen LogP contribution < -0.4 is 5.73 Å². The van der Waals surface area contributed by atoms with Crippen molar-refractivity contribution in [1.29, 1.82) is 0 Å². The smallest absolute Gasteiger partial charge is 0.254 e. The van der Waals surface area contributed by atoms with E-state index in [4.69, 9.17) is 5.73 Å². The van der Waals surface area contributed by atoms with E-state index in [0.29, 0.717) is 11.3 Å². The summed E-state index contributed by atoms with van der Waals surface area (Å²) in [5.41, 5.74) is 10.7. The van der Waals surface area contributed by atoms with Gasteiger partial charge in [0.15, 0.2) is 0 Å². The number of carbonyl (C=O) groups excluding carboxylic acids is 1. The van der Waals surface area contributed by atoms with Gasteiger partial charge in [-0.05, 0) is 50.6 Å². The predicted molar refractivity (Wildman–Crippen MR) is 84.2 cm³/mol. The van der Waals surface area contributed by atoms with Gasteiger partial charge in [-0.2, -0.15) is 0 Å². The van der Waals surface area contributed by atoms with Crippen molar-refractivity contribution in [2.75, 3.05) is 12.3 Å². The Kier molecular flexibility index (Phi) is 3.24. The Morgan fingerprint density at radius 2 is 1.95 bits per heavy atom. The fourth-order valence-corrected chi connectivity index (χ4v) is 3.04. The van der Waals surface area contributed by atoms with Gasteiger partial charge >= 0.3 is 0 Å². The van der Waals surface area contributed by atoms with Gasteiger partial charge in [0.2, 0.25) is 0 Å². The average Bonchev–Trinajstić information content (AvgIpc) is 2.84. The molecule has 1 aliphatic heterocycles. The molecule has 2 N–H and O–H groups in total. The van der Waals surface area contributed by atoms with E-state index in [9.17, 15) is 4.79 Å². The Morgan fingerprint density at radius 3 is 2.67 bits per heavy atom. The highest BCUT2D eigenvalue weighted by Gasteiger charge is 2.29. The van der Waals surface area contributed by atoms with Crippen molar-refractivity contribution in [2.45, 2.75) is 33.4 Å². The standard InChI is InChI=1S/C17H21N3O/c1-11-4-6-14(10-15(11)18)17(21)20-9-8-19-12(2)5-7-16(19)13(20)3/h4-7,10,13H,8-9,18H2,1-3H3. The van der Waals surface area contributed by atoms with Crippen molar-refractivity contribution >= 4 is 11.6 Å². The Balaban J connectivity index is 1.91. The average molecular weight is 283 g/mol. The molecule has 0 saturated heterocycles. The first-order chi connectivity index (χ1) is 9.99. The van der Waals surface area contributed by atoms with Crippen LogP contribution in [-0.4, -0.2) is 21.9 Å². The van der Waals surface area contributed by atoms with Crippen molar-refractivity contribution in [1.82, 2.24) is 9.47 Å². The molecule has 110 valence electrons. The first-order valence-electron chi connectivity index (χ1n) is 7.32. The van der Waals surface area contributed by atoms with Crippen LogP contribution in [0, 0.1) is 13.8 Å². The first kappa shape index (κ1) is 13.7. The SMILES string of the molecule is Cc1ccc(C(=O)N2CCn3c(C)ccc3C2C)cc1N. The minimum Gasteiger partial charge on any atom is -0.398 e. The van der Waals surface area contributed by atoms with Gasteiger partial charge in [0.05, 0.1) is 6.04 Å². The van der Waals surface area contributed by atoms with Gasteiger partial charge in [0.1, 0.15) is 0 Å². The number of aromatic nitrogens is 1. The van der Waals surface area contributed by atoms with Crippen molar-refractivity contribution in [3.8, 4) is 0 Å². The summed E-state index contributed by atoms with van der Waals surface area (Å²) < 4.78 is 2.29. The van der Waals surface area contributed by atoms with Crippen LogP contribution in [0.25, 0.3) is 0 Å². The van der Waals surface area contributed by atoms with E-state index < -0.39 is 0 Å². The zero-order valence-corrected chi connectivity index (χ0v) is 12.8. The molecule has 2 heterocycles. The maximum atomic E-state index is 12.8. The Morgan fingerprint density at radius 1 is 1.19 bits per heavy atom. The number of carbonyl (C=O) groups is 1. The predicted octanol–water partition coefficient (Wildman–Crippen LogP) is 2.90. The minimum absolute atomic E-state index is 0.0549. The molecular formula is C17H21N3O. The van der Waals surface area contributed by atoms with Gasteiger partial charge in [-0.15, -0.1) is 0 Å². The third kappa shape index (κ3) is 2.20. The summed E-state index contributed by atoms with van der Waals surface area (Å²) in [6.45, 7) is 7.72. The molecule has 0 fully saturated rings. The molecule has 2 aromatic rings. The quantitative estimate of drug-likeness (QED) is 0.818. The number of hydrogen-bond donors (Lipinski definition) is 1. The van der Waals surface area contributed by atoms with E-state index in [1.54, 1.807) is 6.07 Å². The lowest BCUT2D eigenvalue weighted by atomic mass is 10.1. The number of amides is 1. The van der Waals surface area contributed by atoms with Crippen LogP contribution in [0.4, 0.5) is 5.69 Å². The van der Waals surface area contributed by atoms with Crippen molar-refractivity contribution in [3.63, 3.8) is 0 Å². The molecule has 3 rings (SSSR count). The molecule has 1 aliphatic rings. The lowest BCUT2D eigenvalue weighted by Crippen LogP contribution is -2.41. The molecule has 1 unspecified atom stereocenters. The van der Waals surface area contributed by atoms with Crippen LogP contribution in [0.3, 0.4) is 0 Å². The second-order valence-corrected chi connectivity index (χ2v) is 5.80. The van der Waals surface area contributed by atoms with E-state index in [2.05, 4.69) is 30.5 Å². The van der Waals surface area contributed by atoms with Gasteiger partial charge in [-0.1, -0.05) is 6.07 Å². The fourth-order valence-electron chi connectivity index (χ4n) is 3.04. The highest BCUT2D eigenvalue weighted by molar-refractivity contribution is 5.95. The molecule has 0 bridgehead atoms. The second-order valence-electron chi connectivity index (χ2n) is 5.80. The number of anilines is 1. The number of nitrogens with zero attached hydrogens (tertiary/aromatic N) is 2. The van der Waals surface area contributed by atoms with E-state index in [1.165, 1.54) is 11.4 Å². The summed E-state index contributed by atoms with van der Waals surface area (Å²) in [6, 6.07) is 9.86. The number of benzene rings is 1. The molecular weight excluding hydrogens is 262 g/mol. The zero-order chi connectivity index (χ0) is 15.1. The van der Waals surface area contributed by atoms with Crippen LogP contribution >= 0.6 is 0 Å². The summed E-state index contributed by atoms with van der Waals surface area (Å²) in [5.74, 6) is 0.0549. The number of rotatable bonds is 1. The topological polar surface area (TPSA) is 51.3 Å². The third-order valence-corrected chi connectivity index (χ3v) is 4.48. The fraction of sp³-hybridized carbons (Fsp3) is 0.353. The molecule has 1 amide bonds. The van der Waals surface area contributed by atoms with Crippen LogP contribution in [0.15, 0.2) is 30.3 Å². The molecule has 4 heteroatoms. The molecule has 0 spiro atoms. The van der Waals surface area contributed by atoms with Crippen LogP contribution in [-0.2, 0) is 6.54 Å². The maximum Gasteiger partial charge on any atom is 0.254 e. The van der Waals surface area contributed by atoms with Crippen molar-refractivity contribution in [3.05, 3.63) is 52.8 Å². The third-order valence-electron chi connectivity index (χ3n) is 4.48. The van der Waals surface area contributed by atoms with Gasteiger partial charge < -0.3 is 15.2 Å².